The summed E-state index contributed by atoms with van der Waals surface area (Å²) in [6.45, 7) is 8.99. The van der Waals surface area contributed by atoms with E-state index in [0.717, 1.165) is 54.6 Å². The molecule has 3 aromatic rings. The summed E-state index contributed by atoms with van der Waals surface area (Å²) in [6, 6.07) is 14.7. The summed E-state index contributed by atoms with van der Waals surface area (Å²) < 4.78 is 7.24. The lowest BCUT2D eigenvalue weighted by Gasteiger charge is -2.13. The number of carbonyl (C=O) groups excluding carboxylic acids is 1. The lowest BCUT2D eigenvalue weighted by molar-refractivity contribution is -0.901. The van der Waals surface area contributed by atoms with Gasteiger partial charge in [0.1, 0.15) is 12.3 Å². The molecule has 1 aromatic carbocycles. The van der Waals surface area contributed by atoms with Gasteiger partial charge in [0.2, 0.25) is 5.91 Å². The third-order valence-electron chi connectivity index (χ3n) is 5.75. The number of carbonyl (C=O) groups is 1. The largest absolute Gasteiger partial charge is 0.360 e. The maximum atomic E-state index is 12.5. The Bertz CT molecular complexity index is 1050. The average molecular weight is 406 g/mol. The molecule has 1 fully saturated rings. The van der Waals surface area contributed by atoms with Gasteiger partial charge < -0.3 is 14.7 Å². The first-order valence-corrected chi connectivity index (χ1v) is 10.5. The number of quaternary nitrogens is 1. The summed E-state index contributed by atoms with van der Waals surface area (Å²) >= 11 is 0. The Morgan fingerprint density at radius 3 is 2.80 bits per heavy atom. The van der Waals surface area contributed by atoms with Crippen molar-refractivity contribution in [1.29, 1.82) is 0 Å². The molecule has 30 heavy (non-hydrogen) atoms. The van der Waals surface area contributed by atoms with E-state index in [4.69, 9.17) is 4.52 Å². The lowest BCUT2D eigenvalue weighted by atomic mass is 10.2. The number of amides is 1. The van der Waals surface area contributed by atoms with Gasteiger partial charge in [-0.05, 0) is 38.5 Å². The van der Waals surface area contributed by atoms with Crippen LogP contribution in [0.3, 0.4) is 0 Å². The van der Waals surface area contributed by atoms with Crippen molar-refractivity contribution in [3.8, 4) is 5.82 Å². The van der Waals surface area contributed by atoms with Crippen LogP contribution in [0.15, 0.2) is 53.1 Å². The van der Waals surface area contributed by atoms with Crippen molar-refractivity contribution in [2.45, 2.75) is 39.8 Å². The number of hydrogen-bond donors (Lipinski definition) is 2. The predicted octanol–water partition coefficient (Wildman–Crippen LogP) is 2.38. The van der Waals surface area contributed by atoms with E-state index in [1.165, 1.54) is 10.5 Å². The summed E-state index contributed by atoms with van der Waals surface area (Å²) in [7, 11) is 0. The fourth-order valence-electron chi connectivity index (χ4n) is 4.28. The Morgan fingerprint density at radius 1 is 1.27 bits per heavy atom. The fourth-order valence-corrected chi connectivity index (χ4v) is 4.28. The number of likely N-dealkylation sites (tertiary alicyclic amines) is 1. The monoisotopic (exact) mass is 405 g/mol. The zero-order chi connectivity index (χ0) is 21.1. The molecule has 1 aliphatic rings. The quantitative estimate of drug-likeness (QED) is 0.619. The van der Waals surface area contributed by atoms with Gasteiger partial charge in [-0.1, -0.05) is 35.5 Å². The smallest absolute Gasteiger partial charge is 0.244 e. The molecule has 6 heteroatoms. The van der Waals surface area contributed by atoms with E-state index in [0.29, 0.717) is 0 Å². The Morgan fingerprint density at radius 2 is 2.07 bits per heavy atom. The molecule has 6 nitrogen and oxygen atoms in total. The second-order valence-electron chi connectivity index (χ2n) is 8.15. The van der Waals surface area contributed by atoms with Gasteiger partial charge in [-0.15, -0.1) is 0 Å². The van der Waals surface area contributed by atoms with E-state index in [-0.39, 0.29) is 11.9 Å². The summed E-state index contributed by atoms with van der Waals surface area (Å²) in [5, 5.41) is 7.26. The van der Waals surface area contributed by atoms with Gasteiger partial charge in [-0.2, -0.15) is 0 Å². The number of nitrogens with one attached hydrogen (secondary N) is 2. The lowest BCUT2D eigenvalue weighted by Crippen LogP contribution is -3.09. The van der Waals surface area contributed by atoms with Crippen molar-refractivity contribution in [3.05, 3.63) is 76.8 Å². The number of rotatable bonds is 6. The molecule has 1 unspecified atom stereocenters. The molecular weight excluding hydrogens is 376 g/mol. The fraction of sp³-hybridized carbons (Fsp3) is 0.333. The van der Waals surface area contributed by atoms with Crippen LogP contribution in [0.1, 0.15) is 34.7 Å². The summed E-state index contributed by atoms with van der Waals surface area (Å²) in [5.41, 5.74) is 4.43. The Labute approximate surface area is 177 Å². The van der Waals surface area contributed by atoms with Crippen LogP contribution in [0, 0.1) is 20.8 Å². The standard InChI is InChI=1S/C24H28N4O2/c1-17-13-21(19(3)28(17)23-14-18(2)30-26-23)9-10-24(29)25-22-11-12-27(16-22)15-20-7-5-4-6-8-20/h4-10,13-14,22H,11-12,15-16H2,1-3H3,(H,25,29)/p+1/b10-9+/t22-/m1/s1. The highest BCUT2D eigenvalue weighted by atomic mass is 16.5. The number of nitrogens with zero attached hydrogens (tertiary/aromatic N) is 2. The highest BCUT2D eigenvalue weighted by Gasteiger charge is 2.26. The normalized spacial score (nSPS) is 18.9. The summed E-state index contributed by atoms with van der Waals surface area (Å²) in [5.74, 6) is 1.50. The van der Waals surface area contributed by atoms with E-state index in [1.54, 1.807) is 6.08 Å². The van der Waals surface area contributed by atoms with Crippen LogP contribution in [0.25, 0.3) is 11.9 Å². The van der Waals surface area contributed by atoms with E-state index < -0.39 is 0 Å². The molecule has 2 aromatic heterocycles. The molecule has 2 atom stereocenters. The van der Waals surface area contributed by atoms with Crippen molar-refractivity contribution in [2.75, 3.05) is 13.1 Å². The van der Waals surface area contributed by atoms with E-state index in [1.807, 2.05) is 43.5 Å². The molecule has 3 heterocycles. The Kier molecular flexibility index (Phi) is 5.86. The highest BCUT2D eigenvalue weighted by Crippen LogP contribution is 2.21. The topological polar surface area (TPSA) is 64.5 Å². The molecule has 1 amide bonds. The van der Waals surface area contributed by atoms with E-state index >= 15 is 0 Å². The Hall–Kier alpha value is -3.12. The van der Waals surface area contributed by atoms with Crippen LogP contribution >= 0.6 is 0 Å². The third-order valence-corrected chi connectivity index (χ3v) is 5.75. The summed E-state index contributed by atoms with van der Waals surface area (Å²) in [4.78, 5) is 14.0. The number of aromatic nitrogens is 2. The van der Waals surface area contributed by atoms with Crippen molar-refractivity contribution < 1.29 is 14.2 Å². The molecular formula is C24H29N4O2+. The minimum atomic E-state index is -0.0388. The maximum absolute atomic E-state index is 12.5. The van der Waals surface area contributed by atoms with Crippen LogP contribution in [0.2, 0.25) is 0 Å². The molecule has 1 aliphatic heterocycles. The van der Waals surface area contributed by atoms with Crippen LogP contribution < -0.4 is 10.2 Å². The SMILES string of the molecule is Cc1cc(-n2c(C)cc(/C=C/C(=O)N[C@@H]3CC[NH+](Cc4ccccc4)C3)c2C)no1. The van der Waals surface area contributed by atoms with Crippen LogP contribution in [0.5, 0.6) is 0 Å². The molecule has 0 bridgehead atoms. The van der Waals surface area contributed by atoms with Gasteiger partial charge >= 0.3 is 0 Å². The zero-order valence-electron chi connectivity index (χ0n) is 17.8. The molecule has 0 aliphatic carbocycles. The molecule has 0 radical (unpaired) electrons. The van der Waals surface area contributed by atoms with E-state index in [2.05, 4.69) is 40.8 Å². The minimum Gasteiger partial charge on any atom is -0.360 e. The van der Waals surface area contributed by atoms with Crippen molar-refractivity contribution in [1.82, 2.24) is 15.0 Å². The number of benzene rings is 1. The van der Waals surface area contributed by atoms with Gasteiger partial charge in [0, 0.05) is 35.5 Å². The first-order valence-electron chi connectivity index (χ1n) is 10.5. The average Bonchev–Trinajstić information content (AvgIpc) is 3.41. The van der Waals surface area contributed by atoms with Gasteiger partial charge in [0.05, 0.1) is 19.1 Å². The third kappa shape index (κ3) is 4.54. The molecule has 0 saturated carbocycles. The highest BCUT2D eigenvalue weighted by molar-refractivity contribution is 5.92. The van der Waals surface area contributed by atoms with Crippen LogP contribution in [0.4, 0.5) is 0 Å². The van der Waals surface area contributed by atoms with Crippen molar-refractivity contribution in [3.63, 3.8) is 0 Å². The number of aryl methyl sites for hydroxylation is 2. The Balaban J connectivity index is 1.34. The zero-order valence-corrected chi connectivity index (χ0v) is 17.8. The van der Waals surface area contributed by atoms with Gasteiger partial charge in [0.25, 0.3) is 0 Å². The first-order chi connectivity index (χ1) is 14.5. The van der Waals surface area contributed by atoms with Gasteiger partial charge in [-0.25, -0.2) is 0 Å². The molecule has 1 saturated heterocycles. The first kappa shape index (κ1) is 20.2. The second kappa shape index (κ2) is 8.71. The molecule has 156 valence electrons. The predicted molar refractivity (Wildman–Crippen MR) is 116 cm³/mol. The maximum Gasteiger partial charge on any atom is 0.244 e. The van der Waals surface area contributed by atoms with Crippen LogP contribution in [-0.4, -0.2) is 34.8 Å². The van der Waals surface area contributed by atoms with Crippen molar-refractivity contribution in [2.24, 2.45) is 0 Å². The number of hydrogen-bond acceptors (Lipinski definition) is 3. The molecule has 2 N–H and O–H groups in total. The van der Waals surface area contributed by atoms with Gasteiger partial charge in [0.15, 0.2) is 5.82 Å². The molecule has 0 spiro atoms. The summed E-state index contributed by atoms with van der Waals surface area (Å²) in [6.07, 6.45) is 4.53. The molecule has 4 rings (SSSR count). The van der Waals surface area contributed by atoms with Crippen LogP contribution in [-0.2, 0) is 11.3 Å². The van der Waals surface area contributed by atoms with E-state index in [9.17, 15) is 4.79 Å². The van der Waals surface area contributed by atoms with Crippen molar-refractivity contribution >= 4 is 12.0 Å². The van der Waals surface area contributed by atoms with Gasteiger partial charge in [-0.3, -0.25) is 9.36 Å². The minimum absolute atomic E-state index is 0.0388. The second-order valence-corrected chi connectivity index (χ2v) is 8.15.